The van der Waals surface area contributed by atoms with Gasteiger partial charge in [0.2, 0.25) is 0 Å². The quantitative estimate of drug-likeness (QED) is 0.219. The van der Waals surface area contributed by atoms with E-state index in [0.717, 1.165) is 30.0 Å². The Morgan fingerprint density at radius 3 is 2.41 bits per heavy atom. The van der Waals surface area contributed by atoms with Crippen molar-refractivity contribution in [2.75, 3.05) is 0 Å². The van der Waals surface area contributed by atoms with E-state index in [0.29, 0.717) is 5.92 Å². The van der Waals surface area contributed by atoms with E-state index in [-0.39, 0.29) is 11.3 Å². The Kier molecular flexibility index (Phi) is 7.47. The Morgan fingerprint density at radius 2 is 1.76 bits per heavy atom. The SMILES string of the molecule is C=CCCC1CCC(c2ccc(C#Cc3cc(F)c(N=C=S)cc3F)cc2)CC1. The van der Waals surface area contributed by atoms with Crippen LogP contribution < -0.4 is 0 Å². The second-order valence-corrected chi connectivity index (χ2v) is 7.62. The summed E-state index contributed by atoms with van der Waals surface area (Å²) in [4.78, 5) is 3.50. The van der Waals surface area contributed by atoms with Crippen LogP contribution in [-0.2, 0) is 0 Å². The van der Waals surface area contributed by atoms with E-state index in [1.54, 1.807) is 0 Å². The molecule has 1 aliphatic rings. The van der Waals surface area contributed by atoms with Gasteiger partial charge in [-0.2, -0.15) is 4.99 Å². The molecule has 0 spiro atoms. The van der Waals surface area contributed by atoms with E-state index < -0.39 is 11.6 Å². The summed E-state index contributed by atoms with van der Waals surface area (Å²) in [5.41, 5.74) is 1.92. The van der Waals surface area contributed by atoms with Crippen molar-refractivity contribution in [3.05, 3.63) is 77.4 Å². The number of benzene rings is 2. The van der Waals surface area contributed by atoms with Crippen LogP contribution in [0.3, 0.4) is 0 Å². The van der Waals surface area contributed by atoms with Gasteiger partial charge in [0, 0.05) is 11.6 Å². The molecule has 0 heterocycles. The number of aliphatic imine (C=N–C) groups is 1. The molecule has 0 unspecified atom stereocenters. The van der Waals surface area contributed by atoms with Crippen molar-refractivity contribution in [3.8, 4) is 11.8 Å². The highest BCUT2D eigenvalue weighted by Crippen LogP contribution is 2.37. The third-order valence-electron chi connectivity index (χ3n) is 5.55. The maximum atomic E-state index is 14.1. The fourth-order valence-electron chi connectivity index (χ4n) is 3.88. The normalized spacial score (nSPS) is 18.3. The van der Waals surface area contributed by atoms with Gasteiger partial charge in [0.05, 0.1) is 10.7 Å². The van der Waals surface area contributed by atoms with E-state index in [2.05, 4.69) is 47.8 Å². The predicted molar refractivity (Wildman–Crippen MR) is 118 cm³/mol. The molecule has 1 aliphatic carbocycles. The predicted octanol–water partition coefficient (Wildman–Crippen LogP) is 7.34. The molecule has 0 aromatic heterocycles. The molecule has 0 amide bonds. The van der Waals surface area contributed by atoms with Crippen LogP contribution >= 0.6 is 12.2 Å². The fraction of sp³-hybridized carbons (Fsp3) is 0.320. The summed E-state index contributed by atoms with van der Waals surface area (Å²) in [6.07, 6.45) is 9.34. The van der Waals surface area contributed by atoms with Crippen LogP contribution in [0.5, 0.6) is 0 Å². The van der Waals surface area contributed by atoms with Crippen molar-refractivity contribution in [1.29, 1.82) is 0 Å². The molecule has 1 nitrogen and oxygen atoms in total. The molecule has 1 saturated carbocycles. The van der Waals surface area contributed by atoms with Gasteiger partial charge in [0.1, 0.15) is 11.5 Å². The number of allylic oxidation sites excluding steroid dienone is 1. The second-order valence-electron chi connectivity index (χ2n) is 7.44. The molecule has 0 atom stereocenters. The van der Waals surface area contributed by atoms with Gasteiger partial charge in [0.25, 0.3) is 0 Å². The monoisotopic (exact) mass is 407 g/mol. The topological polar surface area (TPSA) is 12.4 Å². The van der Waals surface area contributed by atoms with Crippen molar-refractivity contribution in [2.45, 2.75) is 44.4 Å². The average molecular weight is 408 g/mol. The maximum Gasteiger partial charge on any atom is 0.151 e. The third-order valence-corrected chi connectivity index (χ3v) is 5.64. The van der Waals surface area contributed by atoms with Gasteiger partial charge in [-0.3, -0.25) is 0 Å². The highest BCUT2D eigenvalue weighted by Gasteiger charge is 2.21. The number of thiocarbonyl (C=S) groups is 1. The Labute approximate surface area is 176 Å². The molecular formula is C25H23F2NS. The third kappa shape index (κ3) is 5.70. The summed E-state index contributed by atoms with van der Waals surface area (Å²) < 4.78 is 28.0. The van der Waals surface area contributed by atoms with E-state index in [4.69, 9.17) is 0 Å². The number of halogens is 2. The van der Waals surface area contributed by atoms with Crippen molar-refractivity contribution in [3.63, 3.8) is 0 Å². The van der Waals surface area contributed by atoms with Gasteiger partial charge in [0.15, 0.2) is 5.82 Å². The standard InChI is InChI=1S/C25H23F2NS/c1-2-3-4-18-5-10-20(11-6-18)21-12-7-19(8-13-21)9-14-22-15-24(27)25(28-17-29)16-23(22)26/h2,7-8,12-13,15-16,18,20H,1,3-6,10-11H2. The lowest BCUT2D eigenvalue weighted by molar-refractivity contribution is 0.312. The van der Waals surface area contributed by atoms with Crippen molar-refractivity contribution in [2.24, 2.45) is 10.9 Å². The molecule has 148 valence electrons. The minimum atomic E-state index is -0.674. The summed E-state index contributed by atoms with van der Waals surface area (Å²) in [5.74, 6) is 5.72. The van der Waals surface area contributed by atoms with Crippen molar-refractivity contribution in [1.82, 2.24) is 0 Å². The average Bonchev–Trinajstić information content (AvgIpc) is 2.74. The first kappa shape index (κ1) is 21.1. The number of rotatable bonds is 5. The van der Waals surface area contributed by atoms with Crippen LogP contribution in [0.15, 0.2) is 54.0 Å². The molecule has 0 radical (unpaired) electrons. The summed E-state index contributed by atoms with van der Waals surface area (Å²) in [5, 5.41) is 2.03. The minimum Gasteiger partial charge on any atom is -0.206 e. The van der Waals surface area contributed by atoms with Gasteiger partial charge in [-0.15, -0.1) is 6.58 Å². The Hall–Kier alpha value is -2.60. The Morgan fingerprint density at radius 1 is 1.03 bits per heavy atom. The van der Waals surface area contributed by atoms with Crippen LogP contribution in [0.1, 0.15) is 61.1 Å². The largest absolute Gasteiger partial charge is 0.206 e. The summed E-state index contributed by atoms with van der Waals surface area (Å²) >= 11 is 4.43. The van der Waals surface area contributed by atoms with Crippen molar-refractivity contribution < 1.29 is 8.78 Å². The minimum absolute atomic E-state index is 0.00672. The number of hydrogen-bond donors (Lipinski definition) is 0. The molecule has 0 N–H and O–H groups in total. The summed E-state index contributed by atoms with van der Waals surface area (Å²) in [6, 6.07) is 10.1. The fourth-order valence-corrected chi connectivity index (χ4v) is 3.98. The van der Waals surface area contributed by atoms with Gasteiger partial charge in [-0.25, -0.2) is 8.78 Å². The van der Waals surface area contributed by atoms with Crippen LogP contribution in [0.4, 0.5) is 14.5 Å². The van der Waals surface area contributed by atoms with Gasteiger partial charge >= 0.3 is 0 Å². The zero-order chi connectivity index (χ0) is 20.6. The van der Waals surface area contributed by atoms with E-state index >= 15 is 0 Å². The first-order valence-corrected chi connectivity index (χ1v) is 10.3. The molecule has 29 heavy (non-hydrogen) atoms. The van der Waals surface area contributed by atoms with Crippen LogP contribution in [0.2, 0.25) is 0 Å². The summed E-state index contributed by atoms with van der Waals surface area (Å²) in [7, 11) is 0. The summed E-state index contributed by atoms with van der Waals surface area (Å²) in [6.45, 7) is 3.81. The zero-order valence-electron chi connectivity index (χ0n) is 16.3. The van der Waals surface area contributed by atoms with E-state index in [9.17, 15) is 8.78 Å². The van der Waals surface area contributed by atoms with E-state index in [1.165, 1.54) is 37.7 Å². The smallest absolute Gasteiger partial charge is 0.151 e. The van der Waals surface area contributed by atoms with Gasteiger partial charge < -0.3 is 0 Å². The van der Waals surface area contributed by atoms with Gasteiger partial charge in [-0.1, -0.05) is 30.0 Å². The number of nitrogens with zero attached hydrogens (tertiary/aromatic N) is 1. The van der Waals surface area contributed by atoms with Crippen LogP contribution in [-0.4, -0.2) is 5.16 Å². The zero-order valence-corrected chi connectivity index (χ0v) is 17.1. The second kappa shape index (κ2) is 10.3. The highest BCUT2D eigenvalue weighted by molar-refractivity contribution is 7.78. The lowest BCUT2D eigenvalue weighted by Gasteiger charge is -2.28. The Balaban J connectivity index is 1.66. The molecule has 3 rings (SSSR count). The Bertz CT molecular complexity index is 970. The molecule has 1 fully saturated rings. The molecule has 0 saturated heterocycles. The highest BCUT2D eigenvalue weighted by atomic mass is 32.1. The first-order valence-electron chi connectivity index (χ1n) is 9.90. The van der Waals surface area contributed by atoms with Crippen LogP contribution in [0, 0.1) is 29.4 Å². The molecule has 2 aromatic carbocycles. The molecule has 0 bridgehead atoms. The molecular weight excluding hydrogens is 384 g/mol. The van der Waals surface area contributed by atoms with Crippen LogP contribution in [0.25, 0.3) is 0 Å². The first-order chi connectivity index (χ1) is 14.1. The lowest BCUT2D eigenvalue weighted by atomic mass is 9.77. The molecule has 4 heteroatoms. The van der Waals surface area contributed by atoms with E-state index in [1.807, 2.05) is 23.4 Å². The molecule has 0 aliphatic heterocycles. The lowest BCUT2D eigenvalue weighted by Crippen LogP contribution is -2.13. The van der Waals surface area contributed by atoms with Crippen molar-refractivity contribution >= 4 is 23.1 Å². The maximum absolute atomic E-state index is 14.1. The number of hydrogen-bond acceptors (Lipinski definition) is 2. The number of isothiocyanates is 1. The van der Waals surface area contributed by atoms with Gasteiger partial charge in [-0.05, 0) is 86.3 Å². The molecule has 2 aromatic rings.